The van der Waals surface area contributed by atoms with Gasteiger partial charge in [0.25, 0.3) is 5.91 Å². The third-order valence-corrected chi connectivity index (χ3v) is 4.14. The van der Waals surface area contributed by atoms with Gasteiger partial charge in [0.15, 0.2) is 0 Å². The van der Waals surface area contributed by atoms with E-state index in [1.807, 2.05) is 12.3 Å². The number of carbonyl (C=O) groups excluding carboxylic acids is 1. The number of thiazole rings is 1. The van der Waals surface area contributed by atoms with E-state index in [9.17, 15) is 4.79 Å². The molecular weight excluding hydrogens is 328 g/mol. The van der Waals surface area contributed by atoms with Gasteiger partial charge in [-0.15, -0.1) is 11.3 Å². The number of halogens is 1. The average molecular weight is 341 g/mol. The maximum Gasteiger partial charge on any atom is 0.252 e. The highest BCUT2D eigenvalue weighted by molar-refractivity contribution is 9.10. The molecular formula is C13H13BrN2O2S. The molecule has 1 heterocycles. The molecule has 19 heavy (non-hydrogen) atoms. The third-order valence-electron chi connectivity index (χ3n) is 2.48. The van der Waals surface area contributed by atoms with Gasteiger partial charge in [-0.25, -0.2) is 4.98 Å². The standard InChI is InChI=1S/C13H13BrN2O2S/c1-8-7-19-12(16-8)6-15-13(17)10-5-9(18-2)3-4-11(10)14/h3-5,7H,6H2,1-2H3,(H,15,17). The summed E-state index contributed by atoms with van der Waals surface area (Å²) in [6.07, 6.45) is 0. The predicted molar refractivity (Wildman–Crippen MR) is 78.7 cm³/mol. The number of nitrogens with one attached hydrogen (secondary N) is 1. The summed E-state index contributed by atoms with van der Waals surface area (Å²) in [5, 5.41) is 5.70. The molecule has 0 bridgehead atoms. The van der Waals surface area contributed by atoms with Crippen molar-refractivity contribution >= 4 is 33.2 Å². The molecule has 0 aliphatic rings. The lowest BCUT2D eigenvalue weighted by Gasteiger charge is -2.07. The van der Waals surface area contributed by atoms with E-state index in [1.54, 1.807) is 25.3 Å². The van der Waals surface area contributed by atoms with Gasteiger partial charge in [-0.1, -0.05) is 0 Å². The molecule has 0 saturated heterocycles. The maximum atomic E-state index is 12.1. The summed E-state index contributed by atoms with van der Waals surface area (Å²) in [5.41, 5.74) is 1.52. The van der Waals surface area contributed by atoms with Crippen LogP contribution in [0.3, 0.4) is 0 Å². The summed E-state index contributed by atoms with van der Waals surface area (Å²) in [6.45, 7) is 2.36. The van der Waals surface area contributed by atoms with Gasteiger partial charge >= 0.3 is 0 Å². The van der Waals surface area contributed by atoms with Gasteiger partial charge in [0.1, 0.15) is 10.8 Å². The fourth-order valence-corrected chi connectivity index (χ4v) is 2.68. The molecule has 0 spiro atoms. The van der Waals surface area contributed by atoms with E-state index in [0.29, 0.717) is 17.9 Å². The molecule has 4 nitrogen and oxygen atoms in total. The van der Waals surface area contributed by atoms with Crippen molar-refractivity contribution in [3.05, 3.63) is 44.3 Å². The Hall–Kier alpha value is -1.40. The Labute approximate surface area is 124 Å². The number of nitrogens with zero attached hydrogens (tertiary/aromatic N) is 1. The molecule has 1 amide bonds. The molecule has 0 aliphatic heterocycles. The summed E-state index contributed by atoms with van der Waals surface area (Å²) >= 11 is 4.90. The van der Waals surface area contributed by atoms with Crippen LogP contribution in [0.15, 0.2) is 28.1 Å². The van der Waals surface area contributed by atoms with Crippen LogP contribution >= 0.6 is 27.3 Å². The van der Waals surface area contributed by atoms with Crippen LogP contribution < -0.4 is 10.1 Å². The summed E-state index contributed by atoms with van der Waals surface area (Å²) < 4.78 is 5.85. The van der Waals surface area contributed by atoms with Crippen molar-refractivity contribution in [2.45, 2.75) is 13.5 Å². The lowest BCUT2D eigenvalue weighted by Crippen LogP contribution is -2.23. The van der Waals surface area contributed by atoms with E-state index in [4.69, 9.17) is 4.74 Å². The van der Waals surface area contributed by atoms with E-state index in [0.717, 1.165) is 15.2 Å². The molecule has 0 saturated carbocycles. The normalized spacial score (nSPS) is 10.3. The molecule has 1 N–H and O–H groups in total. The van der Waals surface area contributed by atoms with Crippen molar-refractivity contribution in [1.29, 1.82) is 0 Å². The fraction of sp³-hybridized carbons (Fsp3) is 0.231. The van der Waals surface area contributed by atoms with Crippen LogP contribution in [0.5, 0.6) is 5.75 Å². The van der Waals surface area contributed by atoms with Gasteiger partial charge in [-0.3, -0.25) is 4.79 Å². The van der Waals surface area contributed by atoms with Crippen molar-refractivity contribution in [2.75, 3.05) is 7.11 Å². The van der Waals surface area contributed by atoms with Gasteiger partial charge in [0.2, 0.25) is 0 Å². The summed E-state index contributed by atoms with van der Waals surface area (Å²) in [5.74, 6) is 0.497. The molecule has 0 aliphatic carbocycles. The second-order valence-electron chi connectivity index (χ2n) is 3.91. The predicted octanol–water partition coefficient (Wildman–Crippen LogP) is 3.15. The van der Waals surface area contributed by atoms with Crippen molar-refractivity contribution in [2.24, 2.45) is 0 Å². The number of benzene rings is 1. The van der Waals surface area contributed by atoms with Crippen LogP contribution in [0, 0.1) is 6.92 Å². The van der Waals surface area contributed by atoms with E-state index in [1.165, 1.54) is 11.3 Å². The number of hydrogen-bond donors (Lipinski definition) is 1. The number of ether oxygens (including phenoxy) is 1. The second kappa shape index (κ2) is 6.16. The zero-order valence-electron chi connectivity index (χ0n) is 10.6. The monoisotopic (exact) mass is 340 g/mol. The number of aromatic nitrogens is 1. The Balaban J connectivity index is 2.07. The Morgan fingerprint density at radius 2 is 2.32 bits per heavy atom. The molecule has 2 rings (SSSR count). The molecule has 1 aromatic heterocycles. The molecule has 0 unspecified atom stereocenters. The topological polar surface area (TPSA) is 51.2 Å². The fourth-order valence-electron chi connectivity index (χ4n) is 1.54. The van der Waals surface area contributed by atoms with Crippen molar-refractivity contribution in [3.8, 4) is 5.75 Å². The lowest BCUT2D eigenvalue weighted by molar-refractivity contribution is 0.0949. The quantitative estimate of drug-likeness (QED) is 0.929. The Morgan fingerprint density at radius 1 is 1.53 bits per heavy atom. The number of rotatable bonds is 4. The van der Waals surface area contributed by atoms with Crippen LogP contribution in [-0.2, 0) is 6.54 Å². The van der Waals surface area contributed by atoms with E-state index in [2.05, 4.69) is 26.2 Å². The summed E-state index contributed by atoms with van der Waals surface area (Å²) in [6, 6.07) is 5.29. The largest absolute Gasteiger partial charge is 0.497 e. The van der Waals surface area contributed by atoms with Crippen LogP contribution in [0.25, 0.3) is 0 Å². The molecule has 2 aromatic rings. The molecule has 6 heteroatoms. The first-order valence-electron chi connectivity index (χ1n) is 5.63. The number of hydrogen-bond acceptors (Lipinski definition) is 4. The van der Waals surface area contributed by atoms with Gasteiger partial charge in [0, 0.05) is 15.5 Å². The number of carbonyl (C=O) groups is 1. The molecule has 1 aromatic carbocycles. The highest BCUT2D eigenvalue weighted by atomic mass is 79.9. The van der Waals surface area contributed by atoms with E-state index >= 15 is 0 Å². The Kier molecular flexibility index (Phi) is 4.55. The van der Waals surface area contributed by atoms with Gasteiger partial charge in [0.05, 0.1) is 19.2 Å². The Bertz CT molecular complexity index is 598. The van der Waals surface area contributed by atoms with Crippen molar-refractivity contribution in [3.63, 3.8) is 0 Å². The van der Waals surface area contributed by atoms with E-state index in [-0.39, 0.29) is 5.91 Å². The van der Waals surface area contributed by atoms with Crippen LogP contribution in [0.2, 0.25) is 0 Å². The number of aryl methyl sites for hydroxylation is 1. The minimum absolute atomic E-state index is 0.154. The minimum Gasteiger partial charge on any atom is -0.497 e. The highest BCUT2D eigenvalue weighted by Crippen LogP contribution is 2.22. The highest BCUT2D eigenvalue weighted by Gasteiger charge is 2.11. The summed E-state index contributed by atoms with van der Waals surface area (Å²) in [7, 11) is 1.57. The van der Waals surface area contributed by atoms with Gasteiger partial charge in [-0.2, -0.15) is 0 Å². The second-order valence-corrected chi connectivity index (χ2v) is 5.71. The zero-order valence-corrected chi connectivity index (χ0v) is 13.0. The van der Waals surface area contributed by atoms with Gasteiger partial charge in [-0.05, 0) is 41.1 Å². The average Bonchev–Trinajstić information content (AvgIpc) is 2.82. The Morgan fingerprint density at radius 3 is 2.95 bits per heavy atom. The third kappa shape index (κ3) is 3.54. The van der Waals surface area contributed by atoms with Crippen LogP contribution in [-0.4, -0.2) is 18.0 Å². The molecule has 0 atom stereocenters. The smallest absolute Gasteiger partial charge is 0.252 e. The molecule has 0 radical (unpaired) electrons. The first-order chi connectivity index (χ1) is 9.10. The minimum atomic E-state index is -0.154. The van der Waals surface area contributed by atoms with Crippen molar-refractivity contribution < 1.29 is 9.53 Å². The maximum absolute atomic E-state index is 12.1. The van der Waals surface area contributed by atoms with Crippen LogP contribution in [0.1, 0.15) is 21.1 Å². The van der Waals surface area contributed by atoms with Crippen LogP contribution in [0.4, 0.5) is 0 Å². The van der Waals surface area contributed by atoms with E-state index < -0.39 is 0 Å². The molecule has 0 fully saturated rings. The first kappa shape index (κ1) is 14.0. The summed E-state index contributed by atoms with van der Waals surface area (Å²) in [4.78, 5) is 16.4. The molecule has 100 valence electrons. The number of methoxy groups -OCH3 is 1. The SMILES string of the molecule is COc1ccc(Br)c(C(=O)NCc2nc(C)cs2)c1. The zero-order chi connectivity index (χ0) is 13.8. The van der Waals surface area contributed by atoms with Gasteiger partial charge < -0.3 is 10.1 Å². The number of amides is 1. The lowest BCUT2D eigenvalue weighted by atomic mass is 10.2. The van der Waals surface area contributed by atoms with Crippen molar-refractivity contribution in [1.82, 2.24) is 10.3 Å². The first-order valence-corrected chi connectivity index (χ1v) is 7.30.